The van der Waals surface area contributed by atoms with Gasteiger partial charge in [-0.15, -0.1) is 0 Å². The molecular weight excluding hydrogens is 715 g/mol. The lowest BCUT2D eigenvalue weighted by Gasteiger charge is -1.98. The predicted molar refractivity (Wildman–Crippen MR) is 124 cm³/mol. The molecule has 0 unspecified atom stereocenters. The largest absolute Gasteiger partial charge is 0.631 e. The first kappa shape index (κ1) is 42.9. The summed E-state index contributed by atoms with van der Waals surface area (Å²) in [4.78, 5) is 0. The van der Waals surface area contributed by atoms with Gasteiger partial charge in [0.25, 0.3) is 0 Å². The van der Waals surface area contributed by atoms with E-state index in [1.54, 1.807) is 0 Å². The van der Waals surface area contributed by atoms with Gasteiger partial charge < -0.3 is 35.5 Å². The maximum absolute atomic E-state index is 12.1. The quantitative estimate of drug-likeness (QED) is 0.0531. The van der Waals surface area contributed by atoms with Crippen LogP contribution in [0.1, 0.15) is 0 Å². The minimum atomic E-state index is -2.17. The van der Waals surface area contributed by atoms with Crippen molar-refractivity contribution >= 4 is 7.32 Å². The van der Waals surface area contributed by atoms with Crippen molar-refractivity contribution in [3.63, 3.8) is 0 Å². The summed E-state index contributed by atoms with van der Waals surface area (Å²) in [5.41, 5.74) is 0. The summed E-state index contributed by atoms with van der Waals surface area (Å²) >= 11 is 0. The third-order valence-corrected chi connectivity index (χ3v) is 4.33. The number of rotatable bonds is 0. The lowest BCUT2D eigenvalue weighted by Crippen LogP contribution is -2.07. The average molecular weight is 726 g/mol. The second-order valence-corrected chi connectivity index (χ2v) is 7.62. The van der Waals surface area contributed by atoms with Gasteiger partial charge in [-0.2, -0.15) is 17.6 Å². The smallest absolute Gasteiger partial charge is 0.505 e. The molecular formula is C24H11BF16O7. The summed E-state index contributed by atoms with van der Waals surface area (Å²) in [6.07, 6.45) is 0. The van der Waals surface area contributed by atoms with Crippen LogP contribution in [0.4, 0.5) is 70.2 Å². The summed E-state index contributed by atoms with van der Waals surface area (Å²) in [5.74, 6) is -34.4. The third kappa shape index (κ3) is 11.6. The molecule has 264 valence electrons. The van der Waals surface area contributed by atoms with E-state index in [9.17, 15) is 70.2 Å². The molecule has 0 aliphatic carbocycles. The molecule has 0 radical (unpaired) electrons. The van der Waals surface area contributed by atoms with Gasteiger partial charge in [0.1, 0.15) is 0 Å². The fourth-order valence-electron chi connectivity index (χ4n) is 2.24. The van der Waals surface area contributed by atoms with Crippen molar-refractivity contribution in [2.24, 2.45) is 0 Å². The van der Waals surface area contributed by atoms with Gasteiger partial charge in [0, 0.05) is 24.3 Å². The Balaban J connectivity index is 0.000000591. The van der Waals surface area contributed by atoms with Crippen LogP contribution < -0.4 is 0 Å². The molecule has 48 heavy (non-hydrogen) atoms. The molecule has 7 nitrogen and oxygen atoms in total. The zero-order valence-electron chi connectivity index (χ0n) is 22.1. The van der Waals surface area contributed by atoms with Gasteiger partial charge in [-0.1, -0.05) is 0 Å². The number of phenols is 4. The van der Waals surface area contributed by atoms with Crippen LogP contribution in [0.3, 0.4) is 0 Å². The average Bonchev–Trinajstić information content (AvgIpc) is 3.01. The lowest BCUT2D eigenvalue weighted by molar-refractivity contribution is 0.278. The van der Waals surface area contributed by atoms with Gasteiger partial charge >= 0.3 is 7.32 Å². The van der Waals surface area contributed by atoms with Gasteiger partial charge in [-0.3, -0.25) is 0 Å². The molecule has 0 fully saturated rings. The van der Waals surface area contributed by atoms with E-state index < -0.39 is 123 Å². The molecule has 24 heteroatoms. The number of hydrogen-bond donors (Lipinski definition) is 7. The van der Waals surface area contributed by atoms with Crippen molar-refractivity contribution in [1.82, 2.24) is 0 Å². The Morgan fingerprint density at radius 3 is 0.521 bits per heavy atom. The van der Waals surface area contributed by atoms with Gasteiger partial charge in [-0.25, -0.2) is 52.7 Å². The monoisotopic (exact) mass is 726 g/mol. The number of hydrogen-bond acceptors (Lipinski definition) is 7. The predicted octanol–water partition coefficient (Wildman–Crippen LogP) is 5.74. The van der Waals surface area contributed by atoms with Gasteiger partial charge in [0.15, 0.2) is 69.5 Å². The van der Waals surface area contributed by atoms with Crippen LogP contribution in [-0.4, -0.2) is 42.8 Å². The lowest BCUT2D eigenvalue weighted by atomic mass is 10.3. The highest BCUT2D eigenvalue weighted by Crippen LogP contribution is 2.25. The Labute approximate surface area is 254 Å². The summed E-state index contributed by atoms with van der Waals surface area (Å²) < 4.78 is 194. The van der Waals surface area contributed by atoms with Crippen molar-refractivity contribution < 1.29 is 106 Å². The highest BCUT2D eigenvalue weighted by atomic mass is 19.2. The Hall–Kier alpha value is -5.10. The first-order valence-electron chi connectivity index (χ1n) is 11.0. The van der Waals surface area contributed by atoms with E-state index in [1.165, 1.54) is 0 Å². The summed E-state index contributed by atoms with van der Waals surface area (Å²) in [6.45, 7) is 0. The molecule has 0 amide bonds. The first-order valence-corrected chi connectivity index (χ1v) is 11.0. The van der Waals surface area contributed by atoms with Crippen LogP contribution in [-0.2, 0) is 0 Å². The molecule has 0 heterocycles. The topological polar surface area (TPSA) is 142 Å². The number of phenolic OH excluding ortho intramolecular Hbond substituents is 4. The fourth-order valence-corrected chi connectivity index (χ4v) is 2.24. The highest BCUT2D eigenvalue weighted by molar-refractivity contribution is 6.30. The van der Waals surface area contributed by atoms with Crippen molar-refractivity contribution in [2.45, 2.75) is 0 Å². The molecule has 0 spiro atoms. The zero-order valence-corrected chi connectivity index (χ0v) is 22.1. The van der Waals surface area contributed by atoms with Crippen LogP contribution in [0.5, 0.6) is 23.0 Å². The standard InChI is InChI=1S/4C6H2F4O.BH3O3/c4*7-2-1-3(11)5(9)6(10)4(2)8;2-1(3)4/h4*1,11H;2-4H. The van der Waals surface area contributed by atoms with E-state index in [2.05, 4.69) is 0 Å². The Morgan fingerprint density at radius 1 is 0.271 bits per heavy atom. The van der Waals surface area contributed by atoms with Gasteiger partial charge in [-0.05, 0) is 0 Å². The highest BCUT2D eigenvalue weighted by Gasteiger charge is 2.20. The van der Waals surface area contributed by atoms with E-state index in [-0.39, 0.29) is 24.3 Å². The number of halogens is 16. The summed E-state index contributed by atoms with van der Waals surface area (Å²) in [6, 6.07) is 0.642. The molecule has 4 aromatic rings. The van der Waals surface area contributed by atoms with E-state index in [4.69, 9.17) is 35.5 Å². The van der Waals surface area contributed by atoms with Gasteiger partial charge in [0.2, 0.25) is 46.5 Å². The third-order valence-electron chi connectivity index (χ3n) is 4.33. The SMILES string of the molecule is OB(O)O.Oc1cc(F)c(F)c(F)c1F.Oc1cc(F)c(F)c(F)c1F.Oc1cc(F)c(F)c(F)c1F.Oc1cc(F)c(F)c(F)c1F. The first-order chi connectivity index (χ1) is 21.9. The molecule has 0 aliphatic rings. The maximum atomic E-state index is 12.1. The molecule has 7 N–H and O–H groups in total. The van der Waals surface area contributed by atoms with E-state index in [0.717, 1.165) is 0 Å². The van der Waals surface area contributed by atoms with Crippen LogP contribution in [0.25, 0.3) is 0 Å². The minimum Gasteiger partial charge on any atom is -0.505 e. The summed E-state index contributed by atoms with van der Waals surface area (Å²) in [5, 5.41) is 55.0. The Kier molecular flexibility index (Phi) is 16.4. The van der Waals surface area contributed by atoms with Crippen molar-refractivity contribution in [3.05, 3.63) is 117 Å². The van der Waals surface area contributed by atoms with Crippen LogP contribution >= 0.6 is 0 Å². The Bertz CT molecular complexity index is 1390. The fraction of sp³-hybridized carbons (Fsp3) is 0. The zero-order chi connectivity index (χ0) is 38.0. The van der Waals surface area contributed by atoms with E-state index in [0.29, 0.717) is 0 Å². The molecule has 4 aromatic carbocycles. The van der Waals surface area contributed by atoms with Crippen molar-refractivity contribution in [2.75, 3.05) is 0 Å². The maximum Gasteiger partial charge on any atom is 0.631 e. The van der Waals surface area contributed by atoms with Crippen LogP contribution in [0.2, 0.25) is 0 Å². The van der Waals surface area contributed by atoms with Gasteiger partial charge in [0.05, 0.1) is 0 Å². The number of benzene rings is 4. The number of aromatic hydroxyl groups is 4. The molecule has 0 aromatic heterocycles. The normalized spacial score (nSPS) is 9.90. The molecule has 0 aliphatic heterocycles. The van der Waals surface area contributed by atoms with Crippen molar-refractivity contribution in [3.8, 4) is 23.0 Å². The summed E-state index contributed by atoms with van der Waals surface area (Å²) in [7, 11) is -2.17. The van der Waals surface area contributed by atoms with E-state index >= 15 is 0 Å². The molecule has 0 atom stereocenters. The minimum absolute atomic E-state index is 0.160. The second-order valence-electron chi connectivity index (χ2n) is 7.62. The van der Waals surface area contributed by atoms with Crippen LogP contribution in [0, 0.1) is 93.1 Å². The molecule has 0 saturated heterocycles. The molecule has 0 saturated carbocycles. The molecule has 0 bridgehead atoms. The van der Waals surface area contributed by atoms with Crippen LogP contribution in [0.15, 0.2) is 24.3 Å². The Morgan fingerprint density at radius 2 is 0.396 bits per heavy atom. The second kappa shape index (κ2) is 18.3. The van der Waals surface area contributed by atoms with Crippen molar-refractivity contribution in [1.29, 1.82) is 0 Å². The van der Waals surface area contributed by atoms with E-state index in [1.807, 2.05) is 0 Å². The molecule has 4 rings (SSSR count).